The van der Waals surface area contributed by atoms with Crippen molar-refractivity contribution in [2.75, 3.05) is 0 Å². The number of benzene rings is 4. The molecule has 4 rings (SSSR count). The Morgan fingerprint density at radius 1 is 0.581 bits per heavy atom. The maximum atomic E-state index is 12.5. The molecule has 160 valence electrons. The third-order valence-corrected chi connectivity index (χ3v) is 9.31. The standard InChI is InChI=1S/C22H20O7P2/c23-22(30(24,25)26,31(27,28)29)21(19-13-5-9-15-7-1-3-11-17(15)19)20-14-6-10-16-8-2-4-12-18(16)20/h1-14,21,23H,(H2,24,25,26)(H2,27,28,29). The number of rotatable bonds is 5. The first-order valence-corrected chi connectivity index (χ1v) is 12.6. The van der Waals surface area contributed by atoms with Crippen LogP contribution in [0.15, 0.2) is 84.9 Å². The Hall–Kier alpha value is -2.34. The van der Waals surface area contributed by atoms with Crippen LogP contribution in [-0.4, -0.2) is 29.8 Å². The van der Waals surface area contributed by atoms with E-state index in [2.05, 4.69) is 0 Å². The predicted octanol–water partition coefficient (Wildman–Crippen LogP) is 4.13. The van der Waals surface area contributed by atoms with Crippen LogP contribution in [0.2, 0.25) is 0 Å². The van der Waals surface area contributed by atoms with Crippen molar-refractivity contribution in [2.45, 2.75) is 11.0 Å². The van der Waals surface area contributed by atoms with E-state index in [4.69, 9.17) is 0 Å². The topological polar surface area (TPSA) is 135 Å². The largest absolute Gasteiger partial charge is 0.370 e. The van der Waals surface area contributed by atoms with Crippen molar-refractivity contribution in [3.05, 3.63) is 96.1 Å². The van der Waals surface area contributed by atoms with Crippen LogP contribution in [0.25, 0.3) is 21.5 Å². The highest BCUT2D eigenvalue weighted by molar-refractivity contribution is 7.72. The van der Waals surface area contributed by atoms with E-state index in [9.17, 15) is 33.8 Å². The molecule has 31 heavy (non-hydrogen) atoms. The Kier molecular flexibility index (Phi) is 5.41. The van der Waals surface area contributed by atoms with Gasteiger partial charge in [0.05, 0.1) is 5.92 Å². The third-order valence-electron chi connectivity index (χ3n) is 5.51. The molecule has 4 aromatic carbocycles. The fourth-order valence-corrected chi connectivity index (χ4v) is 6.68. The Bertz CT molecular complexity index is 1260. The summed E-state index contributed by atoms with van der Waals surface area (Å²) in [6.07, 6.45) is 0. The molecule has 0 amide bonds. The van der Waals surface area contributed by atoms with Gasteiger partial charge in [-0.1, -0.05) is 84.9 Å². The SMILES string of the molecule is O=P(O)(O)C(O)(C(c1cccc2ccccc12)c1cccc2ccccc12)P(=O)(O)O. The van der Waals surface area contributed by atoms with E-state index < -0.39 is 26.2 Å². The average molecular weight is 458 g/mol. The molecular formula is C22H20O7P2. The van der Waals surface area contributed by atoms with Crippen molar-refractivity contribution in [3.63, 3.8) is 0 Å². The molecule has 0 aromatic heterocycles. The molecule has 0 aliphatic heterocycles. The average Bonchev–Trinajstić information content (AvgIpc) is 2.72. The molecule has 0 spiro atoms. The molecule has 0 radical (unpaired) electrons. The minimum absolute atomic E-state index is 0.198. The summed E-state index contributed by atoms with van der Waals surface area (Å²) in [4.78, 5) is 40.3. The van der Waals surface area contributed by atoms with Crippen molar-refractivity contribution in [1.29, 1.82) is 0 Å². The van der Waals surface area contributed by atoms with Gasteiger partial charge in [0.15, 0.2) is 0 Å². The van der Waals surface area contributed by atoms with Crippen LogP contribution in [0.1, 0.15) is 17.0 Å². The van der Waals surface area contributed by atoms with Gasteiger partial charge in [-0.25, -0.2) is 0 Å². The molecule has 0 aliphatic carbocycles. The van der Waals surface area contributed by atoms with Crippen molar-refractivity contribution >= 4 is 36.7 Å². The summed E-state index contributed by atoms with van der Waals surface area (Å²) in [5.74, 6) is -1.72. The van der Waals surface area contributed by atoms with Crippen molar-refractivity contribution < 1.29 is 33.8 Å². The number of hydrogen-bond acceptors (Lipinski definition) is 3. The van der Waals surface area contributed by atoms with Crippen molar-refractivity contribution in [2.24, 2.45) is 0 Å². The van der Waals surface area contributed by atoms with Gasteiger partial charge in [-0.15, -0.1) is 0 Å². The second-order valence-electron chi connectivity index (χ2n) is 7.35. The molecule has 5 N–H and O–H groups in total. The van der Waals surface area contributed by atoms with Crippen LogP contribution in [0, 0.1) is 0 Å². The van der Waals surface area contributed by atoms with Gasteiger partial charge in [-0.3, -0.25) is 9.13 Å². The van der Waals surface area contributed by atoms with Crippen LogP contribution in [0.3, 0.4) is 0 Å². The van der Waals surface area contributed by atoms with Crippen LogP contribution >= 0.6 is 15.2 Å². The maximum absolute atomic E-state index is 12.5. The lowest BCUT2D eigenvalue weighted by Crippen LogP contribution is -2.37. The molecule has 0 atom stereocenters. The van der Waals surface area contributed by atoms with Crippen LogP contribution in [-0.2, 0) is 9.13 Å². The number of fused-ring (bicyclic) bond motifs is 2. The van der Waals surface area contributed by atoms with E-state index >= 15 is 0 Å². The zero-order chi connectivity index (χ0) is 22.4. The quantitative estimate of drug-likeness (QED) is 0.284. The molecule has 0 saturated carbocycles. The Labute approximate surface area is 177 Å². The fraction of sp³-hybridized carbons (Fsp3) is 0.0909. The normalized spacial score (nSPS) is 13.2. The molecule has 0 fully saturated rings. The summed E-state index contributed by atoms with van der Waals surface area (Å²) in [5, 5.41) is 10.0. The van der Waals surface area contributed by atoms with Gasteiger partial charge in [0.2, 0.25) is 0 Å². The highest BCUT2D eigenvalue weighted by Crippen LogP contribution is 2.73. The van der Waals surface area contributed by atoms with Crippen LogP contribution < -0.4 is 0 Å². The molecule has 0 heterocycles. The Morgan fingerprint density at radius 2 is 0.935 bits per heavy atom. The minimum Gasteiger partial charge on any atom is -0.367 e. The Balaban J connectivity index is 2.19. The van der Waals surface area contributed by atoms with Crippen molar-refractivity contribution in [1.82, 2.24) is 0 Å². The van der Waals surface area contributed by atoms with Gasteiger partial charge in [0.1, 0.15) is 0 Å². The van der Waals surface area contributed by atoms with Gasteiger partial charge in [0, 0.05) is 0 Å². The summed E-state index contributed by atoms with van der Waals surface area (Å²) in [6.45, 7) is 0. The van der Waals surface area contributed by atoms with E-state index in [0.29, 0.717) is 21.5 Å². The third kappa shape index (κ3) is 3.55. The molecule has 0 aliphatic rings. The molecular weight excluding hydrogens is 438 g/mol. The lowest BCUT2D eigenvalue weighted by molar-refractivity contribution is 0.117. The van der Waals surface area contributed by atoms with E-state index in [1.54, 1.807) is 72.8 Å². The lowest BCUT2D eigenvalue weighted by atomic mass is 9.85. The second kappa shape index (κ2) is 7.66. The summed E-state index contributed by atoms with van der Waals surface area (Å²) in [6, 6.07) is 23.7. The second-order valence-corrected chi connectivity index (χ2v) is 11.2. The van der Waals surface area contributed by atoms with Crippen molar-refractivity contribution in [3.8, 4) is 0 Å². The molecule has 7 nitrogen and oxygen atoms in total. The van der Waals surface area contributed by atoms with Gasteiger partial charge in [-0.2, -0.15) is 0 Å². The zero-order valence-electron chi connectivity index (χ0n) is 16.1. The zero-order valence-corrected chi connectivity index (χ0v) is 17.9. The first-order valence-electron chi connectivity index (χ1n) is 9.34. The highest BCUT2D eigenvalue weighted by Gasteiger charge is 2.65. The monoisotopic (exact) mass is 458 g/mol. The summed E-state index contributed by atoms with van der Waals surface area (Å²) < 4.78 is 25.0. The van der Waals surface area contributed by atoms with Crippen LogP contribution in [0.4, 0.5) is 0 Å². The first kappa shape index (κ1) is 21.9. The molecule has 0 saturated heterocycles. The first-order chi connectivity index (χ1) is 14.6. The molecule has 0 bridgehead atoms. The Morgan fingerprint density at radius 3 is 1.32 bits per heavy atom. The van der Waals surface area contributed by atoms with E-state index in [-0.39, 0.29) is 11.1 Å². The predicted molar refractivity (Wildman–Crippen MR) is 119 cm³/mol. The van der Waals surface area contributed by atoms with Crippen LogP contribution in [0.5, 0.6) is 0 Å². The number of aliphatic hydroxyl groups is 1. The van der Waals surface area contributed by atoms with Gasteiger partial charge in [0.25, 0.3) is 5.08 Å². The van der Waals surface area contributed by atoms with E-state index in [1.165, 1.54) is 12.1 Å². The van der Waals surface area contributed by atoms with Gasteiger partial charge >= 0.3 is 15.2 Å². The maximum Gasteiger partial charge on any atom is 0.370 e. The highest BCUT2D eigenvalue weighted by atomic mass is 31.2. The van der Waals surface area contributed by atoms with Gasteiger partial charge < -0.3 is 24.7 Å². The molecule has 9 heteroatoms. The van der Waals surface area contributed by atoms with Gasteiger partial charge in [-0.05, 0) is 32.7 Å². The molecule has 4 aromatic rings. The summed E-state index contributed by atoms with van der Waals surface area (Å²) >= 11 is 0. The lowest BCUT2D eigenvalue weighted by Gasteiger charge is -2.37. The van der Waals surface area contributed by atoms with E-state index in [1.807, 2.05) is 0 Å². The minimum atomic E-state index is -5.76. The smallest absolute Gasteiger partial charge is 0.367 e. The number of hydrogen-bond donors (Lipinski definition) is 5. The fourth-order valence-electron chi connectivity index (χ4n) is 4.10. The molecule has 0 unspecified atom stereocenters. The van der Waals surface area contributed by atoms with E-state index in [0.717, 1.165) is 0 Å². The summed E-state index contributed by atoms with van der Waals surface area (Å²) in [5.41, 5.74) is 0.396. The summed E-state index contributed by atoms with van der Waals surface area (Å²) in [7, 11) is -11.5.